The second-order valence-electron chi connectivity index (χ2n) is 7.97. The molecular formula is C24H22F3NO5S. The summed E-state index contributed by atoms with van der Waals surface area (Å²) in [6, 6.07) is 12.0. The zero-order chi connectivity index (χ0) is 24.3. The quantitative estimate of drug-likeness (QED) is 0.417. The van der Waals surface area contributed by atoms with Gasteiger partial charge in [-0.1, -0.05) is 18.2 Å². The lowest BCUT2D eigenvalue weighted by atomic mass is 10.0. The SMILES string of the molecule is O=C(CCc1ccc(Oc2cccc(C(F)(F)F)c2)cc1)[C@@H]1CCCN1S(=O)(=O)c1ccoc1. The molecule has 1 atom stereocenters. The van der Waals surface area contributed by atoms with Crippen molar-refractivity contribution in [1.82, 2.24) is 4.31 Å². The maximum atomic E-state index is 12.9. The highest BCUT2D eigenvalue weighted by Crippen LogP contribution is 2.33. The van der Waals surface area contributed by atoms with Gasteiger partial charge in [0.05, 0.1) is 17.9 Å². The number of rotatable bonds is 8. The second kappa shape index (κ2) is 9.63. The first kappa shape index (κ1) is 24.0. The standard InChI is InChI=1S/C24H22F3NO5S/c25-24(26,27)18-3-1-4-20(15-18)33-19-9-6-17(7-10-19)8-11-23(29)22-5-2-13-28(22)34(30,31)21-12-14-32-16-21/h1,3-4,6-7,9-10,12,14-16,22H,2,5,8,11,13H2/t22-/m0/s1. The van der Waals surface area contributed by atoms with Crippen LogP contribution in [0.25, 0.3) is 0 Å². The minimum absolute atomic E-state index is 0.0311. The monoisotopic (exact) mass is 493 g/mol. The third kappa shape index (κ3) is 5.34. The van der Waals surface area contributed by atoms with Gasteiger partial charge in [-0.3, -0.25) is 4.79 Å². The summed E-state index contributed by atoms with van der Waals surface area (Å²) in [5.74, 6) is 0.273. The average molecular weight is 494 g/mol. The molecule has 0 aliphatic carbocycles. The van der Waals surface area contributed by atoms with Gasteiger partial charge >= 0.3 is 6.18 Å². The van der Waals surface area contributed by atoms with Crippen molar-refractivity contribution < 1.29 is 35.5 Å². The Labute approximate surface area is 195 Å². The van der Waals surface area contributed by atoms with Crippen LogP contribution in [0.1, 0.15) is 30.4 Å². The van der Waals surface area contributed by atoms with E-state index in [-0.39, 0.29) is 29.4 Å². The lowest BCUT2D eigenvalue weighted by molar-refractivity contribution is -0.137. The van der Waals surface area contributed by atoms with Crippen molar-refractivity contribution in [3.8, 4) is 11.5 Å². The highest BCUT2D eigenvalue weighted by molar-refractivity contribution is 7.89. The van der Waals surface area contributed by atoms with Crippen LogP contribution < -0.4 is 4.74 Å². The van der Waals surface area contributed by atoms with E-state index in [2.05, 4.69) is 0 Å². The number of ketones is 1. The molecule has 4 rings (SSSR count). The molecule has 1 aliphatic heterocycles. The van der Waals surface area contributed by atoms with Crippen molar-refractivity contribution >= 4 is 15.8 Å². The summed E-state index contributed by atoms with van der Waals surface area (Å²) in [5.41, 5.74) is 0.0304. The summed E-state index contributed by atoms with van der Waals surface area (Å²) >= 11 is 0. The fourth-order valence-corrected chi connectivity index (χ4v) is 5.52. The van der Waals surface area contributed by atoms with Gasteiger partial charge in [0.15, 0.2) is 5.78 Å². The molecule has 10 heteroatoms. The van der Waals surface area contributed by atoms with Crippen LogP contribution >= 0.6 is 0 Å². The highest BCUT2D eigenvalue weighted by Gasteiger charge is 2.39. The first-order valence-corrected chi connectivity index (χ1v) is 12.1. The molecule has 0 bridgehead atoms. The van der Waals surface area contributed by atoms with E-state index in [1.165, 1.54) is 28.8 Å². The van der Waals surface area contributed by atoms with Crippen molar-refractivity contribution in [2.24, 2.45) is 0 Å². The maximum Gasteiger partial charge on any atom is 0.416 e. The number of aryl methyl sites for hydroxylation is 1. The lowest BCUT2D eigenvalue weighted by Crippen LogP contribution is -2.40. The molecule has 1 fully saturated rings. The van der Waals surface area contributed by atoms with Gasteiger partial charge in [-0.05, 0) is 61.2 Å². The van der Waals surface area contributed by atoms with E-state index in [0.717, 1.165) is 24.0 Å². The van der Waals surface area contributed by atoms with Crippen LogP contribution in [-0.2, 0) is 27.4 Å². The van der Waals surface area contributed by atoms with E-state index < -0.39 is 27.8 Å². The Kier molecular flexibility index (Phi) is 6.81. The third-order valence-electron chi connectivity index (χ3n) is 5.66. The first-order chi connectivity index (χ1) is 16.1. The number of nitrogens with zero attached hydrogens (tertiary/aromatic N) is 1. The zero-order valence-corrected chi connectivity index (χ0v) is 18.8. The van der Waals surface area contributed by atoms with E-state index in [9.17, 15) is 26.4 Å². The van der Waals surface area contributed by atoms with E-state index in [4.69, 9.17) is 9.15 Å². The summed E-state index contributed by atoms with van der Waals surface area (Å²) in [4.78, 5) is 12.9. The van der Waals surface area contributed by atoms with Crippen LogP contribution in [0.15, 0.2) is 76.4 Å². The molecule has 1 aromatic heterocycles. The van der Waals surface area contributed by atoms with Crippen molar-refractivity contribution in [3.63, 3.8) is 0 Å². The number of ether oxygens (including phenoxy) is 1. The predicted octanol–water partition coefficient (Wildman–Crippen LogP) is 5.45. The molecule has 0 spiro atoms. The van der Waals surface area contributed by atoms with Gasteiger partial charge in [0.2, 0.25) is 10.0 Å². The highest BCUT2D eigenvalue weighted by atomic mass is 32.2. The Hall–Kier alpha value is -3.11. The van der Waals surface area contributed by atoms with Crippen molar-refractivity contribution in [2.75, 3.05) is 6.54 Å². The summed E-state index contributed by atoms with van der Waals surface area (Å²) in [5, 5.41) is 0. The molecule has 1 aliphatic rings. The molecule has 0 amide bonds. The Morgan fingerprint density at radius 1 is 1.09 bits per heavy atom. The number of Topliss-reactive ketones (excluding diaryl/α,β-unsaturated/α-hetero) is 1. The number of carbonyl (C=O) groups is 1. The van der Waals surface area contributed by atoms with Crippen molar-refractivity contribution in [1.29, 1.82) is 0 Å². The molecule has 3 aromatic rings. The summed E-state index contributed by atoms with van der Waals surface area (Å²) in [6.45, 7) is 0.283. The lowest BCUT2D eigenvalue weighted by Gasteiger charge is -2.22. The van der Waals surface area contributed by atoms with Crippen LogP contribution in [0, 0.1) is 0 Å². The molecule has 2 heterocycles. The Morgan fingerprint density at radius 3 is 2.53 bits per heavy atom. The number of alkyl halides is 3. The summed E-state index contributed by atoms with van der Waals surface area (Å²) in [7, 11) is -3.79. The van der Waals surface area contributed by atoms with Gasteiger partial charge < -0.3 is 9.15 Å². The molecule has 6 nitrogen and oxygen atoms in total. The first-order valence-electron chi connectivity index (χ1n) is 10.7. The number of furan rings is 1. The molecule has 1 saturated heterocycles. The largest absolute Gasteiger partial charge is 0.471 e. The molecule has 0 N–H and O–H groups in total. The van der Waals surface area contributed by atoms with Crippen molar-refractivity contribution in [3.05, 3.63) is 78.3 Å². The number of hydrogen-bond donors (Lipinski definition) is 0. The Balaban J connectivity index is 1.36. The predicted molar refractivity (Wildman–Crippen MR) is 117 cm³/mol. The van der Waals surface area contributed by atoms with Crippen LogP contribution in [0.5, 0.6) is 11.5 Å². The van der Waals surface area contributed by atoms with Crippen molar-refractivity contribution in [2.45, 2.75) is 42.8 Å². The number of halogens is 3. The molecule has 2 aromatic carbocycles. The van der Waals surface area contributed by atoms with Gasteiger partial charge in [-0.15, -0.1) is 0 Å². The van der Waals surface area contributed by atoms with Gasteiger partial charge in [0, 0.05) is 13.0 Å². The van der Waals surface area contributed by atoms with E-state index in [1.807, 2.05) is 0 Å². The van der Waals surface area contributed by atoms with Crippen LogP contribution in [0.2, 0.25) is 0 Å². The molecule has 0 saturated carbocycles. The summed E-state index contributed by atoms with van der Waals surface area (Å²) in [6.07, 6.45) is -0.385. The van der Waals surface area contributed by atoms with Gasteiger partial charge in [-0.25, -0.2) is 8.42 Å². The minimum Gasteiger partial charge on any atom is -0.471 e. The number of benzene rings is 2. The summed E-state index contributed by atoms with van der Waals surface area (Å²) < 4.78 is 75.8. The molecule has 180 valence electrons. The van der Waals surface area contributed by atoms with Gasteiger partial charge in [0.25, 0.3) is 0 Å². The zero-order valence-electron chi connectivity index (χ0n) is 18.0. The molecule has 34 heavy (non-hydrogen) atoms. The van der Waals surface area contributed by atoms with Crippen LogP contribution in [0.4, 0.5) is 13.2 Å². The van der Waals surface area contributed by atoms with Gasteiger partial charge in [-0.2, -0.15) is 17.5 Å². The van der Waals surface area contributed by atoms with E-state index in [1.54, 1.807) is 24.3 Å². The average Bonchev–Trinajstić information content (AvgIpc) is 3.51. The van der Waals surface area contributed by atoms with Crippen LogP contribution in [0.3, 0.4) is 0 Å². The maximum absolute atomic E-state index is 12.9. The number of hydrogen-bond acceptors (Lipinski definition) is 5. The number of carbonyl (C=O) groups excluding carboxylic acids is 1. The van der Waals surface area contributed by atoms with Gasteiger partial charge in [0.1, 0.15) is 22.7 Å². The fraction of sp³-hybridized carbons (Fsp3) is 0.292. The fourth-order valence-electron chi connectivity index (χ4n) is 3.91. The van der Waals surface area contributed by atoms with E-state index in [0.29, 0.717) is 25.0 Å². The Bertz CT molecular complexity index is 1240. The minimum atomic E-state index is -4.46. The third-order valence-corrected chi connectivity index (χ3v) is 7.54. The normalized spacial score (nSPS) is 17.1. The topological polar surface area (TPSA) is 76.8 Å². The Morgan fingerprint density at radius 2 is 1.85 bits per heavy atom. The molecule has 0 unspecified atom stereocenters. The van der Waals surface area contributed by atoms with E-state index >= 15 is 0 Å². The smallest absolute Gasteiger partial charge is 0.416 e. The number of sulfonamides is 1. The second-order valence-corrected chi connectivity index (χ2v) is 9.86. The molecule has 0 radical (unpaired) electrons. The van der Waals surface area contributed by atoms with Crippen LogP contribution in [-0.4, -0.2) is 31.1 Å². The molecular weight excluding hydrogens is 471 g/mol.